The Morgan fingerprint density at radius 3 is 2.31 bits per heavy atom. The van der Waals surface area contributed by atoms with Gasteiger partial charge < -0.3 is 10.3 Å². The predicted molar refractivity (Wildman–Crippen MR) is 147 cm³/mol. The number of nitrogens with one attached hydrogen (secondary N) is 2. The smallest absolute Gasteiger partial charge is 0.278 e. The Labute approximate surface area is 213 Å². The van der Waals surface area contributed by atoms with Gasteiger partial charge in [-0.2, -0.15) is 0 Å². The maximum atomic E-state index is 13.6. The van der Waals surface area contributed by atoms with Crippen molar-refractivity contribution in [3.8, 4) is 11.3 Å². The Bertz CT molecular complexity index is 1570. The number of rotatable bonds is 7. The maximum Gasteiger partial charge on any atom is 0.278 e. The Balaban J connectivity index is 1.48. The van der Waals surface area contributed by atoms with Gasteiger partial charge in [0, 0.05) is 11.4 Å². The number of carbonyl (C=O) groups is 1. The largest absolute Gasteiger partial charge is 0.349 e. The van der Waals surface area contributed by atoms with Crippen LogP contribution in [0.3, 0.4) is 0 Å². The van der Waals surface area contributed by atoms with E-state index >= 15 is 0 Å². The van der Waals surface area contributed by atoms with Crippen molar-refractivity contribution in [2.45, 2.75) is 25.5 Å². The second-order valence-corrected chi connectivity index (χ2v) is 9.63. The second-order valence-electron chi connectivity index (χ2n) is 8.68. The molecule has 0 aliphatic carbocycles. The summed E-state index contributed by atoms with van der Waals surface area (Å²) in [5.74, 6) is -0.00623. The average molecular weight is 495 g/mol. The minimum atomic E-state index is -0.163. The van der Waals surface area contributed by atoms with Crippen LogP contribution in [-0.4, -0.2) is 26.2 Å². The highest BCUT2D eigenvalue weighted by Gasteiger charge is 2.17. The molecule has 180 valence electrons. The summed E-state index contributed by atoms with van der Waals surface area (Å²) in [7, 11) is 0. The molecule has 0 atom stereocenters. The minimum absolute atomic E-state index is 0.135. The lowest BCUT2D eigenvalue weighted by molar-refractivity contribution is -0.113. The van der Waals surface area contributed by atoms with Crippen LogP contribution in [0.5, 0.6) is 0 Å². The number of aromatic nitrogens is 3. The van der Waals surface area contributed by atoms with Crippen LogP contribution in [0.15, 0.2) is 94.9 Å². The summed E-state index contributed by atoms with van der Waals surface area (Å²) in [6, 6.07) is 27.4. The molecule has 2 heterocycles. The van der Waals surface area contributed by atoms with Crippen LogP contribution in [0.1, 0.15) is 16.7 Å². The van der Waals surface area contributed by atoms with E-state index < -0.39 is 0 Å². The first kappa shape index (κ1) is 23.6. The molecule has 0 saturated carbocycles. The molecule has 3 aromatic carbocycles. The van der Waals surface area contributed by atoms with Gasteiger partial charge in [0.25, 0.3) is 5.56 Å². The van der Waals surface area contributed by atoms with Gasteiger partial charge in [0.1, 0.15) is 5.52 Å². The fraction of sp³-hybridized carbons (Fsp3) is 0.138. The quantitative estimate of drug-likeness (QED) is 0.222. The van der Waals surface area contributed by atoms with Gasteiger partial charge in [-0.3, -0.25) is 14.2 Å². The van der Waals surface area contributed by atoms with Gasteiger partial charge >= 0.3 is 0 Å². The summed E-state index contributed by atoms with van der Waals surface area (Å²) in [5, 5.41) is 3.52. The first-order chi connectivity index (χ1) is 17.5. The van der Waals surface area contributed by atoms with Crippen LogP contribution in [0.25, 0.3) is 22.3 Å². The molecule has 0 radical (unpaired) electrons. The highest BCUT2D eigenvalue weighted by Crippen LogP contribution is 2.25. The van der Waals surface area contributed by atoms with E-state index in [1.807, 2.05) is 98.8 Å². The summed E-state index contributed by atoms with van der Waals surface area (Å²) in [6.07, 6.45) is 0. The third kappa shape index (κ3) is 4.97. The van der Waals surface area contributed by atoms with Crippen LogP contribution in [-0.2, 0) is 11.3 Å². The fourth-order valence-electron chi connectivity index (χ4n) is 4.19. The Kier molecular flexibility index (Phi) is 6.73. The van der Waals surface area contributed by atoms with Gasteiger partial charge in [-0.05, 0) is 42.2 Å². The standard InChI is InChI=1S/C29H26N4O2S/c1-19-10-9-11-20(2)26(19)32-25(34)18-36-29-31-24-16-23(22-14-7-4-8-15-22)30-27(24)28(35)33(29)17-21-12-5-3-6-13-21/h3-16,30H,17-18H2,1-2H3,(H,32,34). The van der Waals surface area contributed by atoms with E-state index in [0.29, 0.717) is 22.7 Å². The number of aryl methyl sites for hydroxylation is 2. The molecule has 0 bridgehead atoms. The zero-order chi connectivity index (χ0) is 25.1. The zero-order valence-electron chi connectivity index (χ0n) is 20.1. The molecule has 0 saturated heterocycles. The molecule has 5 rings (SSSR count). The number of fused-ring (bicyclic) bond motifs is 1. The van der Waals surface area contributed by atoms with Gasteiger partial charge in [0.15, 0.2) is 5.16 Å². The number of hydrogen-bond acceptors (Lipinski definition) is 4. The van der Waals surface area contributed by atoms with E-state index in [1.54, 1.807) is 4.57 Å². The third-order valence-electron chi connectivity index (χ3n) is 6.05. The van der Waals surface area contributed by atoms with E-state index in [-0.39, 0.29) is 17.2 Å². The molecule has 0 fully saturated rings. The molecule has 36 heavy (non-hydrogen) atoms. The number of amides is 1. The number of hydrogen-bond donors (Lipinski definition) is 2. The highest BCUT2D eigenvalue weighted by molar-refractivity contribution is 7.99. The van der Waals surface area contributed by atoms with E-state index in [2.05, 4.69) is 10.3 Å². The lowest BCUT2D eigenvalue weighted by Crippen LogP contribution is -2.25. The Morgan fingerprint density at radius 1 is 0.944 bits per heavy atom. The van der Waals surface area contributed by atoms with Crippen molar-refractivity contribution < 1.29 is 4.79 Å². The molecule has 0 aliphatic heterocycles. The molecule has 6 nitrogen and oxygen atoms in total. The monoisotopic (exact) mass is 494 g/mol. The number of carbonyl (C=O) groups excluding carboxylic acids is 1. The lowest BCUT2D eigenvalue weighted by Gasteiger charge is -2.13. The molecule has 7 heteroatoms. The number of thioether (sulfide) groups is 1. The summed E-state index contributed by atoms with van der Waals surface area (Å²) in [6.45, 7) is 4.31. The summed E-state index contributed by atoms with van der Waals surface area (Å²) >= 11 is 1.27. The Hall–Kier alpha value is -4.10. The van der Waals surface area contributed by atoms with Crippen molar-refractivity contribution in [2.75, 3.05) is 11.1 Å². The molecule has 2 aromatic heterocycles. The van der Waals surface area contributed by atoms with E-state index in [4.69, 9.17) is 4.98 Å². The van der Waals surface area contributed by atoms with Gasteiger partial charge in [0.2, 0.25) is 5.91 Å². The van der Waals surface area contributed by atoms with Gasteiger partial charge in [0.05, 0.1) is 17.8 Å². The van der Waals surface area contributed by atoms with Crippen molar-refractivity contribution in [3.05, 3.63) is 112 Å². The average Bonchev–Trinajstić information content (AvgIpc) is 3.33. The van der Waals surface area contributed by atoms with E-state index in [1.165, 1.54) is 11.8 Å². The SMILES string of the molecule is Cc1cccc(C)c1NC(=O)CSc1nc2cc(-c3ccccc3)[nH]c2c(=O)n1Cc1ccccc1. The number of anilines is 1. The molecular formula is C29H26N4O2S. The molecule has 2 N–H and O–H groups in total. The number of H-pyrrole nitrogens is 1. The topological polar surface area (TPSA) is 79.8 Å². The van der Waals surface area contributed by atoms with Crippen LogP contribution < -0.4 is 10.9 Å². The van der Waals surface area contributed by atoms with Crippen LogP contribution in [0.4, 0.5) is 5.69 Å². The van der Waals surface area contributed by atoms with Crippen molar-refractivity contribution in [2.24, 2.45) is 0 Å². The molecule has 0 unspecified atom stereocenters. The molecule has 0 aliphatic rings. The van der Waals surface area contributed by atoms with Crippen LogP contribution >= 0.6 is 11.8 Å². The number of aromatic amines is 1. The van der Waals surface area contributed by atoms with Crippen LogP contribution in [0, 0.1) is 13.8 Å². The number of nitrogens with zero attached hydrogens (tertiary/aromatic N) is 2. The molecule has 5 aromatic rings. The summed E-state index contributed by atoms with van der Waals surface area (Å²) in [4.78, 5) is 34.5. The third-order valence-corrected chi connectivity index (χ3v) is 7.03. The number of para-hydroxylation sites is 1. The van der Waals surface area contributed by atoms with E-state index in [0.717, 1.165) is 33.6 Å². The normalized spacial score (nSPS) is 11.1. The van der Waals surface area contributed by atoms with Crippen molar-refractivity contribution in [1.82, 2.24) is 14.5 Å². The Morgan fingerprint density at radius 2 is 1.61 bits per heavy atom. The minimum Gasteiger partial charge on any atom is -0.349 e. The second kappa shape index (κ2) is 10.3. The van der Waals surface area contributed by atoms with Gasteiger partial charge in [-0.15, -0.1) is 0 Å². The first-order valence-electron chi connectivity index (χ1n) is 11.7. The van der Waals surface area contributed by atoms with E-state index in [9.17, 15) is 9.59 Å². The van der Waals surface area contributed by atoms with Crippen molar-refractivity contribution in [1.29, 1.82) is 0 Å². The first-order valence-corrected chi connectivity index (χ1v) is 12.7. The van der Waals surface area contributed by atoms with Crippen molar-refractivity contribution in [3.63, 3.8) is 0 Å². The molecular weight excluding hydrogens is 468 g/mol. The molecule has 1 amide bonds. The summed E-state index contributed by atoms with van der Waals surface area (Å²) in [5.41, 5.74) is 6.51. The van der Waals surface area contributed by atoms with Gasteiger partial charge in [-0.1, -0.05) is 90.6 Å². The highest BCUT2D eigenvalue weighted by atomic mass is 32.2. The maximum absolute atomic E-state index is 13.6. The van der Waals surface area contributed by atoms with Crippen LogP contribution in [0.2, 0.25) is 0 Å². The lowest BCUT2D eigenvalue weighted by atomic mass is 10.1. The number of benzene rings is 3. The molecule has 0 spiro atoms. The zero-order valence-corrected chi connectivity index (χ0v) is 20.9. The summed E-state index contributed by atoms with van der Waals surface area (Å²) < 4.78 is 1.64. The predicted octanol–water partition coefficient (Wildman–Crippen LogP) is 5.79. The fourth-order valence-corrected chi connectivity index (χ4v) is 4.98. The van der Waals surface area contributed by atoms with Crippen molar-refractivity contribution >= 4 is 34.4 Å². The van der Waals surface area contributed by atoms with Gasteiger partial charge in [-0.25, -0.2) is 4.98 Å².